The van der Waals surface area contributed by atoms with E-state index in [1.807, 2.05) is 0 Å². The van der Waals surface area contributed by atoms with E-state index in [1.54, 1.807) is 18.2 Å². The molecule has 0 aliphatic carbocycles. The number of nitrogens with two attached hydrogens (primary N) is 1. The molecule has 0 aromatic carbocycles. The molecule has 1 heterocycles. The van der Waals surface area contributed by atoms with Gasteiger partial charge in [-0.2, -0.15) is 0 Å². The van der Waals surface area contributed by atoms with Crippen LogP contribution in [0.5, 0.6) is 0 Å². The van der Waals surface area contributed by atoms with E-state index < -0.39 is 0 Å². The maximum absolute atomic E-state index is 10.4. The predicted octanol–water partition coefficient (Wildman–Crippen LogP) is 0.594. The summed E-state index contributed by atoms with van der Waals surface area (Å²) in [7, 11) is 0. The van der Waals surface area contributed by atoms with Crippen molar-refractivity contribution in [1.29, 1.82) is 0 Å². The molecule has 1 aromatic heterocycles. The summed E-state index contributed by atoms with van der Waals surface area (Å²) in [6.45, 7) is 0.542. The fraction of sp³-hybridized carbons (Fsp3) is 0.200. The van der Waals surface area contributed by atoms with Crippen molar-refractivity contribution < 1.29 is 4.79 Å². The molecule has 0 aliphatic rings. The molecule has 0 bridgehead atoms. The van der Waals surface area contributed by atoms with E-state index in [2.05, 4.69) is 16.8 Å². The van der Waals surface area contributed by atoms with Crippen LogP contribution in [0.4, 0.5) is 0 Å². The Morgan fingerprint density at radius 1 is 1.54 bits per heavy atom. The van der Waals surface area contributed by atoms with Gasteiger partial charge in [-0.1, -0.05) is 12.0 Å². The van der Waals surface area contributed by atoms with E-state index in [0.717, 1.165) is 0 Å². The third-order valence-corrected chi connectivity index (χ3v) is 1.38. The Bertz CT molecular complexity index is 349. The zero-order valence-corrected chi connectivity index (χ0v) is 7.16. The van der Waals surface area contributed by atoms with E-state index in [9.17, 15) is 4.79 Å². The Labute approximate surface area is 77.0 Å². The topological polar surface area (TPSA) is 56.0 Å². The number of nitrogens with zero attached hydrogens (tertiary/aromatic N) is 1. The van der Waals surface area contributed by atoms with Gasteiger partial charge in [-0.05, 0) is 18.1 Å². The molecule has 13 heavy (non-hydrogen) atoms. The van der Waals surface area contributed by atoms with Crippen molar-refractivity contribution in [2.75, 3.05) is 6.54 Å². The zero-order chi connectivity index (χ0) is 9.52. The number of aldehydes is 1. The first-order chi connectivity index (χ1) is 6.36. The van der Waals surface area contributed by atoms with Crippen LogP contribution in [0.3, 0.4) is 0 Å². The molecule has 66 valence electrons. The van der Waals surface area contributed by atoms with E-state index in [-0.39, 0.29) is 0 Å². The van der Waals surface area contributed by atoms with Gasteiger partial charge in [0.15, 0.2) is 6.29 Å². The summed E-state index contributed by atoms with van der Waals surface area (Å²) >= 11 is 0. The van der Waals surface area contributed by atoms with Crippen LogP contribution < -0.4 is 5.73 Å². The summed E-state index contributed by atoms with van der Waals surface area (Å²) in [4.78, 5) is 14.3. The SMILES string of the molecule is NCCC#Cc1cccc(C=O)n1. The summed E-state index contributed by atoms with van der Waals surface area (Å²) in [6, 6.07) is 5.15. The minimum absolute atomic E-state index is 0.402. The fourth-order valence-corrected chi connectivity index (χ4v) is 0.812. The third kappa shape index (κ3) is 3.06. The van der Waals surface area contributed by atoms with Gasteiger partial charge < -0.3 is 5.73 Å². The number of aromatic nitrogens is 1. The van der Waals surface area contributed by atoms with Crippen LogP contribution in [0, 0.1) is 11.8 Å². The molecule has 1 aromatic rings. The molecule has 0 aliphatic heterocycles. The second-order valence-electron chi connectivity index (χ2n) is 2.41. The van der Waals surface area contributed by atoms with Gasteiger partial charge in [0.2, 0.25) is 0 Å². The lowest BCUT2D eigenvalue weighted by Crippen LogP contribution is -1.95. The molecular formula is C10H10N2O. The van der Waals surface area contributed by atoms with Gasteiger partial charge >= 0.3 is 0 Å². The molecule has 0 radical (unpaired) electrons. The quantitative estimate of drug-likeness (QED) is 0.527. The van der Waals surface area contributed by atoms with Crippen molar-refractivity contribution in [3.05, 3.63) is 29.6 Å². The first kappa shape index (κ1) is 9.43. The minimum atomic E-state index is 0.402. The first-order valence-electron chi connectivity index (χ1n) is 3.98. The van der Waals surface area contributed by atoms with Crippen molar-refractivity contribution in [3.63, 3.8) is 0 Å². The number of hydrogen-bond donors (Lipinski definition) is 1. The number of pyridine rings is 1. The molecule has 0 fully saturated rings. The second-order valence-corrected chi connectivity index (χ2v) is 2.41. The van der Waals surface area contributed by atoms with Gasteiger partial charge in [-0.3, -0.25) is 4.79 Å². The van der Waals surface area contributed by atoms with Crippen molar-refractivity contribution in [3.8, 4) is 11.8 Å². The molecule has 3 nitrogen and oxygen atoms in total. The van der Waals surface area contributed by atoms with Crippen molar-refractivity contribution in [1.82, 2.24) is 4.98 Å². The molecule has 0 spiro atoms. The predicted molar refractivity (Wildman–Crippen MR) is 50.2 cm³/mol. The average Bonchev–Trinajstić information content (AvgIpc) is 2.19. The summed E-state index contributed by atoms with van der Waals surface area (Å²) < 4.78 is 0. The van der Waals surface area contributed by atoms with E-state index in [0.29, 0.717) is 30.6 Å². The number of carbonyl (C=O) groups excluding carboxylic acids is 1. The second kappa shape index (κ2) is 5.07. The van der Waals surface area contributed by atoms with E-state index in [1.165, 1.54) is 0 Å². The van der Waals surface area contributed by atoms with Crippen LogP contribution in [0.1, 0.15) is 22.6 Å². The number of hydrogen-bond acceptors (Lipinski definition) is 3. The average molecular weight is 174 g/mol. The highest BCUT2D eigenvalue weighted by atomic mass is 16.1. The van der Waals surface area contributed by atoms with Crippen LogP contribution in [-0.2, 0) is 0 Å². The van der Waals surface area contributed by atoms with E-state index >= 15 is 0 Å². The number of carbonyl (C=O) groups is 1. The monoisotopic (exact) mass is 174 g/mol. The van der Waals surface area contributed by atoms with E-state index in [4.69, 9.17) is 5.73 Å². The lowest BCUT2D eigenvalue weighted by Gasteiger charge is -1.90. The lowest BCUT2D eigenvalue weighted by molar-refractivity contribution is 0.111. The Balaban J connectivity index is 2.79. The molecule has 2 N–H and O–H groups in total. The Kier molecular flexibility index (Phi) is 3.68. The minimum Gasteiger partial charge on any atom is -0.330 e. The van der Waals surface area contributed by atoms with Crippen molar-refractivity contribution in [2.45, 2.75) is 6.42 Å². The molecule has 0 saturated heterocycles. The third-order valence-electron chi connectivity index (χ3n) is 1.38. The van der Waals surface area contributed by atoms with Crippen LogP contribution in [0.25, 0.3) is 0 Å². The molecule has 0 unspecified atom stereocenters. The first-order valence-corrected chi connectivity index (χ1v) is 3.98. The van der Waals surface area contributed by atoms with Gasteiger partial charge in [-0.25, -0.2) is 4.98 Å². The van der Waals surface area contributed by atoms with Crippen LogP contribution in [0.15, 0.2) is 18.2 Å². The summed E-state index contributed by atoms with van der Waals surface area (Å²) in [5.41, 5.74) is 6.28. The van der Waals surface area contributed by atoms with Crippen LogP contribution in [0.2, 0.25) is 0 Å². The summed E-state index contributed by atoms with van der Waals surface area (Å²) in [6.07, 6.45) is 1.35. The largest absolute Gasteiger partial charge is 0.330 e. The number of rotatable bonds is 2. The Morgan fingerprint density at radius 2 is 2.38 bits per heavy atom. The van der Waals surface area contributed by atoms with Gasteiger partial charge in [0.1, 0.15) is 11.4 Å². The highest BCUT2D eigenvalue weighted by Gasteiger charge is 1.91. The van der Waals surface area contributed by atoms with Gasteiger partial charge in [-0.15, -0.1) is 0 Å². The van der Waals surface area contributed by atoms with Crippen molar-refractivity contribution >= 4 is 6.29 Å². The van der Waals surface area contributed by atoms with Crippen molar-refractivity contribution in [2.24, 2.45) is 5.73 Å². The highest BCUT2D eigenvalue weighted by Crippen LogP contribution is 1.94. The molecule has 0 saturated carbocycles. The highest BCUT2D eigenvalue weighted by molar-refractivity contribution is 5.71. The maximum atomic E-state index is 10.4. The van der Waals surface area contributed by atoms with Gasteiger partial charge in [0.05, 0.1) is 0 Å². The Hall–Kier alpha value is -1.66. The van der Waals surface area contributed by atoms with Gasteiger partial charge in [0, 0.05) is 13.0 Å². The molecule has 1 rings (SSSR count). The normalized spacial score (nSPS) is 8.69. The standard InChI is InChI=1S/C10H10N2O/c11-7-2-1-4-9-5-3-6-10(8-13)12-9/h3,5-6,8H,2,7,11H2. The molecule has 0 atom stereocenters. The molecule has 0 amide bonds. The zero-order valence-electron chi connectivity index (χ0n) is 7.16. The fourth-order valence-electron chi connectivity index (χ4n) is 0.812. The van der Waals surface area contributed by atoms with Crippen LogP contribution in [-0.4, -0.2) is 17.8 Å². The van der Waals surface area contributed by atoms with Gasteiger partial charge in [0.25, 0.3) is 0 Å². The summed E-state index contributed by atoms with van der Waals surface area (Å²) in [5.74, 6) is 5.67. The van der Waals surface area contributed by atoms with Crippen LogP contribution >= 0.6 is 0 Å². The molecular weight excluding hydrogens is 164 g/mol. The Morgan fingerprint density at radius 3 is 3.08 bits per heavy atom. The summed E-state index contributed by atoms with van der Waals surface area (Å²) in [5, 5.41) is 0. The smallest absolute Gasteiger partial charge is 0.168 e. The lowest BCUT2D eigenvalue weighted by atomic mass is 10.3. The molecule has 3 heteroatoms. The maximum Gasteiger partial charge on any atom is 0.168 e.